The molecule has 1 aliphatic heterocycles. The van der Waals surface area contributed by atoms with Crippen molar-refractivity contribution < 1.29 is 94.5 Å². The van der Waals surface area contributed by atoms with Crippen molar-refractivity contribution in [3.63, 3.8) is 0 Å². The van der Waals surface area contributed by atoms with Crippen LogP contribution in [0.1, 0.15) is 90.4 Å². The lowest BCUT2D eigenvalue weighted by atomic mass is 9.44. The van der Waals surface area contributed by atoms with Gasteiger partial charge in [0, 0.05) is 25.2 Å². The lowest BCUT2D eigenvalue weighted by Gasteiger charge is -2.67. The molecular formula is C47H51Cl6F2NO18. The molecule has 3 aliphatic carbocycles. The molecule has 0 spiro atoms. The monoisotopic (exact) mass is 1170 g/mol. The van der Waals surface area contributed by atoms with Gasteiger partial charge in [-0.3, -0.25) is 9.59 Å². The average molecular weight is 1170 g/mol. The van der Waals surface area contributed by atoms with Crippen molar-refractivity contribution in [1.29, 1.82) is 0 Å². The van der Waals surface area contributed by atoms with Gasteiger partial charge in [0.1, 0.15) is 54.6 Å². The average Bonchev–Trinajstić information content (AvgIpc) is 3.81. The van der Waals surface area contributed by atoms with E-state index >= 15 is 13.6 Å². The molecule has 74 heavy (non-hydrogen) atoms. The minimum atomic E-state index is -4.74. The van der Waals surface area contributed by atoms with Crippen LogP contribution >= 0.6 is 69.6 Å². The number of rotatable bonds is 12. The number of esters is 3. The summed E-state index contributed by atoms with van der Waals surface area (Å²) < 4.78 is 85.5. The van der Waals surface area contributed by atoms with E-state index in [-0.39, 0.29) is 11.1 Å². The number of nitrogens with one attached hydrogen (secondary N) is 1. The number of hydrogen-bond donors (Lipinski definition) is 2. The summed E-state index contributed by atoms with van der Waals surface area (Å²) in [4.78, 5) is 98.7. The van der Waals surface area contributed by atoms with E-state index in [0.29, 0.717) is 0 Å². The number of carbonyl (C=O) groups is 7. The van der Waals surface area contributed by atoms with Gasteiger partial charge in [0.2, 0.25) is 7.59 Å². The predicted octanol–water partition coefficient (Wildman–Crippen LogP) is 9.19. The first-order valence-electron chi connectivity index (χ1n) is 22.5. The summed E-state index contributed by atoms with van der Waals surface area (Å²) in [5.41, 5.74) is -11.6. The van der Waals surface area contributed by atoms with Crippen LogP contribution in [0.2, 0.25) is 0 Å². The topological polar surface area (TPSA) is 248 Å². The summed E-state index contributed by atoms with van der Waals surface area (Å²) in [7, 11) is 0. The van der Waals surface area contributed by atoms with Gasteiger partial charge in [-0.25, -0.2) is 24.0 Å². The molecule has 1 unspecified atom stereocenters. The van der Waals surface area contributed by atoms with Crippen molar-refractivity contribution in [3.05, 3.63) is 71.2 Å². The molecule has 1 aromatic heterocycles. The third kappa shape index (κ3) is 11.9. The molecule has 3 fully saturated rings. The number of Topliss-reactive ketones (excluding diaryl/α,β-unsaturated/α-hetero) is 1. The molecule has 1 saturated heterocycles. The number of alkyl carbamates (subject to hydrolysis) is 1. The first kappa shape index (κ1) is 58.9. The largest absolute Gasteiger partial charge is 0.509 e. The van der Waals surface area contributed by atoms with Crippen LogP contribution in [0.15, 0.2) is 64.3 Å². The maximum atomic E-state index is 16.9. The van der Waals surface area contributed by atoms with E-state index in [0.717, 1.165) is 19.3 Å². The Balaban J connectivity index is 1.62. The Hall–Kier alpha value is -4.35. The van der Waals surface area contributed by atoms with E-state index in [9.17, 15) is 33.9 Å². The molecule has 19 nitrogen and oxygen atoms in total. The van der Waals surface area contributed by atoms with E-state index in [1.165, 1.54) is 78.8 Å². The summed E-state index contributed by atoms with van der Waals surface area (Å²) in [6.45, 7) is 7.96. The Kier molecular flexibility index (Phi) is 16.9. The quantitative estimate of drug-likeness (QED) is 0.0870. The number of amides is 1. The Morgan fingerprint density at radius 3 is 1.97 bits per heavy atom. The molecule has 408 valence electrons. The number of hydrogen-bond acceptors (Lipinski definition) is 18. The molecule has 2 bridgehead atoms. The highest BCUT2D eigenvalue weighted by atomic mass is 35.6. The molecule has 6 rings (SSSR count). The fraction of sp³-hybridized carbons (Fsp3) is 0.596. The van der Waals surface area contributed by atoms with Crippen molar-refractivity contribution in [2.24, 2.45) is 16.7 Å². The zero-order chi connectivity index (χ0) is 55.4. The molecule has 2 saturated carbocycles. The number of ketones is 1. The number of carbonyl (C=O) groups excluding carboxylic acids is 7. The van der Waals surface area contributed by atoms with Gasteiger partial charge < -0.3 is 57.5 Å². The van der Waals surface area contributed by atoms with Crippen LogP contribution < -0.4 is 5.32 Å². The maximum Gasteiger partial charge on any atom is 0.509 e. The smallest absolute Gasteiger partial charge is 0.467 e. The van der Waals surface area contributed by atoms with Gasteiger partial charge in [0.05, 0.1) is 29.8 Å². The Labute approximate surface area is 452 Å². The van der Waals surface area contributed by atoms with Crippen LogP contribution in [0, 0.1) is 16.7 Å². The normalized spacial score (nSPS) is 29.0. The van der Waals surface area contributed by atoms with Crippen LogP contribution in [0.3, 0.4) is 0 Å². The highest BCUT2D eigenvalue weighted by Crippen LogP contribution is 2.65. The first-order valence-corrected chi connectivity index (χ1v) is 24.7. The molecular weight excluding hydrogens is 1120 g/mol. The second-order valence-corrected chi connectivity index (χ2v) is 24.8. The lowest BCUT2D eigenvalue weighted by molar-refractivity contribution is -0.346. The molecule has 0 radical (unpaired) electrons. The fourth-order valence-corrected chi connectivity index (χ4v) is 10.4. The molecule has 2 aromatic rings. The third-order valence-electron chi connectivity index (χ3n) is 13.4. The van der Waals surface area contributed by atoms with Crippen LogP contribution in [-0.2, 0) is 57.0 Å². The van der Waals surface area contributed by atoms with Crippen LogP contribution in [-0.4, -0.2) is 128 Å². The lowest BCUT2D eigenvalue weighted by Crippen LogP contribution is -2.82. The van der Waals surface area contributed by atoms with Crippen molar-refractivity contribution >= 4 is 112 Å². The number of aliphatic hydroxyl groups is 1. The van der Waals surface area contributed by atoms with Crippen molar-refractivity contribution in [2.45, 2.75) is 135 Å². The second kappa shape index (κ2) is 21.2. The summed E-state index contributed by atoms with van der Waals surface area (Å²) in [5, 5.41) is 15.9. The number of alkyl halides is 8. The van der Waals surface area contributed by atoms with Crippen LogP contribution in [0.25, 0.3) is 0 Å². The Morgan fingerprint density at radius 2 is 1.46 bits per heavy atom. The van der Waals surface area contributed by atoms with Crippen molar-refractivity contribution in [2.75, 3.05) is 19.8 Å². The summed E-state index contributed by atoms with van der Waals surface area (Å²) >= 11 is 35.2. The van der Waals surface area contributed by atoms with E-state index in [1.54, 1.807) is 6.07 Å². The van der Waals surface area contributed by atoms with E-state index < -0.39 is 170 Å². The predicted molar refractivity (Wildman–Crippen MR) is 256 cm³/mol. The third-order valence-corrected chi connectivity index (χ3v) is 14.1. The van der Waals surface area contributed by atoms with Gasteiger partial charge in [-0.1, -0.05) is 102 Å². The minimum absolute atomic E-state index is 0.129. The highest BCUT2D eigenvalue weighted by molar-refractivity contribution is 6.68. The molecule has 27 heteroatoms. The zero-order valence-corrected chi connectivity index (χ0v) is 45.1. The van der Waals surface area contributed by atoms with Crippen LogP contribution in [0.5, 0.6) is 0 Å². The number of ether oxygens (including phenoxy) is 9. The molecule has 2 N–H and O–H groups in total. The Bertz CT molecular complexity index is 2530. The molecule has 1 aromatic carbocycles. The Morgan fingerprint density at radius 1 is 0.865 bits per heavy atom. The molecule has 10 atom stereocenters. The standard InChI is InChI=1S/C47H51Cl6F2NO18/c1-22-26(69-36(60)47(54,55)32(25-15-12-16-65-25)56-37(61)74-40(3,4)5)18-44(64)34(72-35(59)24-13-10-9-11-14-24)31-42(8,33(58)30(29(22)41(44,6)7)71-39(63)68-21-46(51,52)53)27(70-38(62)67-20-45(48,49)50)17-28-43(31,19-66-28)73-23(2)57/h9-16,26-28,30-32,34,64H,17-21H2,1-8H3,(H,56,61)/t26-,27-,28+,30+,31-,32?,34-,42+,43-,44+/m0/s1. The van der Waals surface area contributed by atoms with Gasteiger partial charge in [0.25, 0.3) is 0 Å². The molecule has 1 amide bonds. The van der Waals surface area contributed by atoms with E-state index in [2.05, 4.69) is 0 Å². The van der Waals surface area contributed by atoms with Gasteiger partial charge in [-0.2, -0.15) is 8.78 Å². The number of furan rings is 1. The van der Waals surface area contributed by atoms with Gasteiger partial charge in [-0.15, -0.1) is 0 Å². The second-order valence-electron chi connectivity index (χ2n) is 19.8. The summed E-state index contributed by atoms with van der Waals surface area (Å²) in [6.07, 6.45) is -15.0. The van der Waals surface area contributed by atoms with Crippen LogP contribution in [0.4, 0.5) is 23.2 Å². The molecule has 4 aliphatic rings. The van der Waals surface area contributed by atoms with E-state index in [4.69, 9.17) is 117 Å². The number of halogens is 8. The van der Waals surface area contributed by atoms with Gasteiger partial charge in [-0.05, 0) is 70.0 Å². The van der Waals surface area contributed by atoms with Crippen molar-refractivity contribution in [1.82, 2.24) is 5.32 Å². The first-order chi connectivity index (χ1) is 34.0. The van der Waals surface area contributed by atoms with Crippen molar-refractivity contribution in [3.8, 4) is 0 Å². The van der Waals surface area contributed by atoms with Gasteiger partial charge >= 0.3 is 42.2 Å². The van der Waals surface area contributed by atoms with E-state index in [1.807, 2.05) is 5.32 Å². The van der Waals surface area contributed by atoms with Gasteiger partial charge in [0.15, 0.2) is 23.5 Å². The number of fused-ring (bicyclic) bond motifs is 5. The zero-order valence-electron chi connectivity index (χ0n) is 40.6. The molecule has 2 heterocycles. The maximum absolute atomic E-state index is 16.9. The SMILES string of the molecule is CC(=O)O[C@@]12CO[C@@H]1C[C@H](OC(=O)OCC(Cl)(Cl)Cl)[C@@]1(C)C(=O)[C@H](OC(=O)OCC(Cl)(Cl)Cl)C3=C(C)[C@@H](OC(=O)C(F)(F)C(NC(=O)OC(C)(C)C)c4ccco4)C[C@@](O)([C@@H](OC(=O)c4ccccc4)[C@H]21)C3(C)C. The minimum Gasteiger partial charge on any atom is -0.467 e. The summed E-state index contributed by atoms with van der Waals surface area (Å²) in [5.74, 6) is -13.1. The fourth-order valence-electron chi connectivity index (χ4n) is 10.1. The number of benzene rings is 1. The summed E-state index contributed by atoms with van der Waals surface area (Å²) in [6, 6.07) is 6.85. The highest BCUT2D eigenvalue weighted by Gasteiger charge is 2.79.